The van der Waals surface area contributed by atoms with Crippen molar-refractivity contribution in [1.29, 1.82) is 0 Å². The van der Waals surface area contributed by atoms with Gasteiger partial charge in [0.25, 0.3) is 0 Å². The Morgan fingerprint density at radius 3 is 3.00 bits per heavy atom. The van der Waals surface area contributed by atoms with Crippen LogP contribution in [-0.2, 0) is 4.79 Å². The summed E-state index contributed by atoms with van der Waals surface area (Å²) in [4.78, 5) is 10.5. The van der Waals surface area contributed by atoms with Gasteiger partial charge in [0, 0.05) is 0 Å². The number of benzene rings is 1. The predicted octanol–water partition coefficient (Wildman–Crippen LogP) is 1.29. The molecule has 0 amide bonds. The summed E-state index contributed by atoms with van der Waals surface area (Å²) in [5.41, 5.74) is 0.975. The molecule has 6 nitrogen and oxygen atoms in total. The minimum atomic E-state index is -0.968. The van der Waals surface area contributed by atoms with Gasteiger partial charge in [-0.2, -0.15) is 4.68 Å². The molecule has 0 atom stereocenters. The number of hydrogen-bond acceptors (Lipinski definition) is 5. The lowest BCUT2D eigenvalue weighted by molar-refractivity contribution is -0.133. The van der Waals surface area contributed by atoms with Crippen LogP contribution in [-0.4, -0.2) is 37.0 Å². The molecule has 94 valence electrons. The van der Waals surface area contributed by atoms with Crippen LogP contribution in [0.2, 0.25) is 0 Å². The highest BCUT2D eigenvalue weighted by Gasteiger charge is 2.11. The summed E-state index contributed by atoms with van der Waals surface area (Å²) in [6.45, 7) is 1.65. The molecule has 0 aliphatic rings. The van der Waals surface area contributed by atoms with Crippen molar-refractivity contribution < 1.29 is 14.3 Å². The number of aryl methyl sites for hydroxylation is 1. The van der Waals surface area contributed by atoms with Gasteiger partial charge in [-0.25, -0.2) is 4.39 Å². The normalized spacial score (nSPS) is 10.6. The third kappa shape index (κ3) is 2.65. The van der Waals surface area contributed by atoms with Gasteiger partial charge in [0.2, 0.25) is 5.16 Å². The lowest BCUT2D eigenvalue weighted by atomic mass is 10.2. The maximum Gasteiger partial charge on any atom is 0.313 e. The summed E-state index contributed by atoms with van der Waals surface area (Å²) >= 11 is 0.972. The molecule has 0 saturated heterocycles. The van der Waals surface area contributed by atoms with Crippen LogP contribution in [0.25, 0.3) is 5.69 Å². The number of nitrogens with zero attached hydrogens (tertiary/aromatic N) is 4. The highest BCUT2D eigenvalue weighted by Crippen LogP contribution is 2.19. The van der Waals surface area contributed by atoms with Crippen LogP contribution in [0, 0.1) is 12.7 Å². The number of carbonyl (C=O) groups is 1. The van der Waals surface area contributed by atoms with Gasteiger partial charge in [-0.3, -0.25) is 4.79 Å². The average molecular weight is 268 g/mol. The smallest absolute Gasteiger partial charge is 0.313 e. The SMILES string of the molecule is Cc1ccc(-n2nnnc2SCC(=O)O)cc1F. The topological polar surface area (TPSA) is 80.9 Å². The Hall–Kier alpha value is -1.96. The first-order chi connectivity index (χ1) is 8.58. The maximum absolute atomic E-state index is 13.4. The molecule has 0 unspecified atom stereocenters. The molecule has 0 aliphatic heterocycles. The molecule has 8 heteroatoms. The first kappa shape index (κ1) is 12.5. The zero-order chi connectivity index (χ0) is 13.1. The van der Waals surface area contributed by atoms with E-state index in [1.165, 1.54) is 10.7 Å². The van der Waals surface area contributed by atoms with Gasteiger partial charge in [0.05, 0.1) is 11.4 Å². The molecule has 1 N–H and O–H groups in total. The number of tetrazole rings is 1. The molecule has 0 bridgehead atoms. The van der Waals surface area contributed by atoms with Gasteiger partial charge >= 0.3 is 5.97 Å². The fourth-order valence-corrected chi connectivity index (χ4v) is 1.88. The number of halogens is 1. The van der Waals surface area contributed by atoms with E-state index in [4.69, 9.17) is 5.11 Å². The predicted molar refractivity (Wildman–Crippen MR) is 62.2 cm³/mol. The van der Waals surface area contributed by atoms with E-state index in [0.29, 0.717) is 16.4 Å². The summed E-state index contributed by atoms with van der Waals surface area (Å²) in [5.74, 6) is -1.49. The van der Waals surface area contributed by atoms with Gasteiger partial charge < -0.3 is 5.11 Å². The summed E-state index contributed by atoms with van der Waals surface area (Å²) in [6, 6.07) is 4.58. The molecule has 0 fully saturated rings. The highest BCUT2D eigenvalue weighted by atomic mass is 32.2. The average Bonchev–Trinajstić information content (AvgIpc) is 2.78. The number of carboxylic acid groups (broad SMARTS) is 1. The Kier molecular flexibility index (Phi) is 3.56. The Labute approximate surface area is 106 Å². The van der Waals surface area contributed by atoms with Crippen LogP contribution in [0.3, 0.4) is 0 Å². The van der Waals surface area contributed by atoms with Crippen LogP contribution in [0.5, 0.6) is 0 Å². The summed E-state index contributed by atoms with van der Waals surface area (Å²) in [5, 5.41) is 19.8. The van der Waals surface area contributed by atoms with Crippen LogP contribution in [0.1, 0.15) is 5.56 Å². The van der Waals surface area contributed by atoms with Crippen molar-refractivity contribution in [2.75, 3.05) is 5.75 Å². The quantitative estimate of drug-likeness (QED) is 0.841. The summed E-state index contributed by atoms with van der Waals surface area (Å²) in [6.07, 6.45) is 0. The molecule has 1 heterocycles. The fourth-order valence-electron chi connectivity index (χ4n) is 1.27. The van der Waals surface area contributed by atoms with E-state index < -0.39 is 5.97 Å². The molecule has 1 aromatic heterocycles. The molecule has 0 spiro atoms. The van der Waals surface area contributed by atoms with Crippen molar-refractivity contribution in [3.8, 4) is 5.69 Å². The molecular formula is C10H9FN4O2S. The van der Waals surface area contributed by atoms with Crippen LogP contribution in [0.15, 0.2) is 23.4 Å². The molecule has 0 saturated carbocycles. The highest BCUT2D eigenvalue weighted by molar-refractivity contribution is 7.99. The van der Waals surface area contributed by atoms with E-state index >= 15 is 0 Å². The van der Waals surface area contributed by atoms with Crippen molar-refractivity contribution in [3.63, 3.8) is 0 Å². The number of rotatable bonds is 4. The maximum atomic E-state index is 13.4. The zero-order valence-electron chi connectivity index (χ0n) is 9.37. The largest absolute Gasteiger partial charge is 0.481 e. The van der Waals surface area contributed by atoms with Crippen LogP contribution >= 0.6 is 11.8 Å². The summed E-state index contributed by atoms with van der Waals surface area (Å²) < 4.78 is 14.7. The van der Waals surface area contributed by atoms with Crippen molar-refractivity contribution in [2.45, 2.75) is 12.1 Å². The Bertz CT molecular complexity index is 587. The van der Waals surface area contributed by atoms with E-state index in [9.17, 15) is 9.18 Å². The first-order valence-electron chi connectivity index (χ1n) is 4.97. The molecule has 2 aromatic rings. The third-order valence-electron chi connectivity index (χ3n) is 2.17. The first-order valence-corrected chi connectivity index (χ1v) is 5.96. The Morgan fingerprint density at radius 2 is 2.33 bits per heavy atom. The fraction of sp³-hybridized carbons (Fsp3) is 0.200. The molecule has 0 radical (unpaired) electrons. The van der Waals surface area contributed by atoms with E-state index in [0.717, 1.165) is 11.8 Å². The molecule has 2 rings (SSSR count). The number of thioether (sulfide) groups is 1. The zero-order valence-corrected chi connectivity index (χ0v) is 10.2. The Morgan fingerprint density at radius 1 is 1.56 bits per heavy atom. The van der Waals surface area contributed by atoms with Crippen molar-refractivity contribution in [2.24, 2.45) is 0 Å². The second-order valence-corrected chi connectivity index (χ2v) is 4.43. The van der Waals surface area contributed by atoms with Gasteiger partial charge in [-0.1, -0.05) is 17.8 Å². The van der Waals surface area contributed by atoms with Crippen molar-refractivity contribution in [3.05, 3.63) is 29.6 Å². The minimum absolute atomic E-state index is 0.158. The number of aromatic nitrogens is 4. The second-order valence-electron chi connectivity index (χ2n) is 3.49. The van der Waals surface area contributed by atoms with E-state index in [1.54, 1.807) is 19.1 Å². The van der Waals surface area contributed by atoms with Gasteiger partial charge in [-0.15, -0.1) is 5.10 Å². The second kappa shape index (κ2) is 5.13. The van der Waals surface area contributed by atoms with Gasteiger partial charge in [0.1, 0.15) is 5.82 Å². The number of aliphatic carboxylic acids is 1. The standard InChI is InChI=1S/C10H9FN4O2S/c1-6-2-3-7(4-8(6)11)15-10(12-13-14-15)18-5-9(16)17/h2-4H,5H2,1H3,(H,16,17). The van der Waals surface area contributed by atoms with Crippen LogP contribution < -0.4 is 0 Å². The van der Waals surface area contributed by atoms with Crippen molar-refractivity contribution >= 4 is 17.7 Å². The van der Waals surface area contributed by atoms with E-state index in [2.05, 4.69) is 15.5 Å². The van der Waals surface area contributed by atoms with Crippen molar-refractivity contribution in [1.82, 2.24) is 20.2 Å². The lowest BCUT2D eigenvalue weighted by Gasteiger charge is -2.04. The molecular weight excluding hydrogens is 259 g/mol. The lowest BCUT2D eigenvalue weighted by Crippen LogP contribution is -2.03. The minimum Gasteiger partial charge on any atom is -0.481 e. The monoisotopic (exact) mass is 268 g/mol. The van der Waals surface area contributed by atoms with Gasteiger partial charge in [-0.05, 0) is 35.0 Å². The number of carboxylic acids is 1. The van der Waals surface area contributed by atoms with Crippen LogP contribution in [0.4, 0.5) is 4.39 Å². The Balaban J connectivity index is 2.30. The van der Waals surface area contributed by atoms with E-state index in [-0.39, 0.29) is 11.6 Å². The van der Waals surface area contributed by atoms with E-state index in [1.807, 2.05) is 0 Å². The summed E-state index contributed by atoms with van der Waals surface area (Å²) in [7, 11) is 0. The number of hydrogen-bond donors (Lipinski definition) is 1. The molecule has 1 aromatic carbocycles. The molecule has 18 heavy (non-hydrogen) atoms. The third-order valence-corrected chi connectivity index (χ3v) is 3.07. The molecule has 0 aliphatic carbocycles. The van der Waals surface area contributed by atoms with Gasteiger partial charge in [0.15, 0.2) is 0 Å².